The molecule has 0 fully saturated rings. The van der Waals surface area contributed by atoms with Gasteiger partial charge in [-0.1, -0.05) is 0 Å². The van der Waals surface area contributed by atoms with Gasteiger partial charge in [0.25, 0.3) is 0 Å². The lowest BCUT2D eigenvalue weighted by molar-refractivity contribution is 0.209. The van der Waals surface area contributed by atoms with Crippen molar-refractivity contribution in [3.05, 3.63) is 38.5 Å². The molecule has 0 bridgehead atoms. The summed E-state index contributed by atoms with van der Waals surface area (Å²) in [4.78, 5) is 0. The van der Waals surface area contributed by atoms with E-state index in [0.29, 0.717) is 22.8 Å². The summed E-state index contributed by atoms with van der Waals surface area (Å²) in [6, 6.07) is 5.32. The molecular formula is C14H15BrO4S. The van der Waals surface area contributed by atoms with Crippen LogP contribution < -0.4 is 14.2 Å². The molecule has 0 radical (unpaired) electrons. The van der Waals surface area contributed by atoms with Crippen molar-refractivity contribution in [2.24, 2.45) is 0 Å². The fourth-order valence-corrected chi connectivity index (χ4v) is 3.13. The third-order valence-electron chi connectivity index (χ3n) is 2.93. The first kappa shape index (κ1) is 15.2. The van der Waals surface area contributed by atoms with Crippen molar-refractivity contribution in [2.75, 3.05) is 21.3 Å². The monoisotopic (exact) mass is 358 g/mol. The summed E-state index contributed by atoms with van der Waals surface area (Å²) in [5.41, 5.74) is 1.37. The Morgan fingerprint density at radius 1 is 1.05 bits per heavy atom. The predicted molar refractivity (Wildman–Crippen MR) is 82.2 cm³/mol. The van der Waals surface area contributed by atoms with E-state index in [1.165, 1.54) is 11.3 Å². The molecule has 0 saturated carbocycles. The minimum Gasteiger partial charge on any atom is -0.496 e. The van der Waals surface area contributed by atoms with Crippen molar-refractivity contribution < 1.29 is 19.3 Å². The number of rotatable bonds is 5. The van der Waals surface area contributed by atoms with E-state index >= 15 is 0 Å². The molecule has 2 aromatic rings. The third-order valence-corrected chi connectivity index (χ3v) is 4.45. The maximum absolute atomic E-state index is 10.6. The smallest absolute Gasteiger partial charge is 0.132 e. The Morgan fingerprint density at radius 3 is 2.05 bits per heavy atom. The van der Waals surface area contributed by atoms with E-state index in [1.807, 2.05) is 11.4 Å². The van der Waals surface area contributed by atoms with Crippen molar-refractivity contribution >= 4 is 27.3 Å². The SMILES string of the molecule is COc1cc(OC)c(C(O)c2csc(Br)c2)c(OC)c1. The molecule has 6 heteroatoms. The van der Waals surface area contributed by atoms with E-state index in [1.54, 1.807) is 33.5 Å². The van der Waals surface area contributed by atoms with Crippen LogP contribution in [0.1, 0.15) is 17.2 Å². The van der Waals surface area contributed by atoms with E-state index < -0.39 is 6.10 Å². The van der Waals surface area contributed by atoms with Crippen LogP contribution >= 0.6 is 27.3 Å². The van der Waals surface area contributed by atoms with Crippen LogP contribution in [0.5, 0.6) is 17.2 Å². The van der Waals surface area contributed by atoms with Gasteiger partial charge in [-0.3, -0.25) is 0 Å². The average Bonchev–Trinajstić information content (AvgIpc) is 2.91. The first-order valence-electron chi connectivity index (χ1n) is 5.82. The first-order chi connectivity index (χ1) is 9.60. The maximum atomic E-state index is 10.6. The van der Waals surface area contributed by atoms with E-state index in [-0.39, 0.29) is 0 Å². The largest absolute Gasteiger partial charge is 0.496 e. The molecule has 0 spiro atoms. The average molecular weight is 359 g/mol. The summed E-state index contributed by atoms with van der Waals surface area (Å²) in [5, 5.41) is 12.5. The molecule has 0 aliphatic heterocycles. The molecule has 1 unspecified atom stereocenters. The molecule has 0 saturated heterocycles. The summed E-state index contributed by atoms with van der Waals surface area (Å²) in [7, 11) is 4.67. The number of halogens is 1. The second-order valence-corrected chi connectivity index (χ2v) is 6.32. The number of methoxy groups -OCH3 is 3. The topological polar surface area (TPSA) is 47.9 Å². The Kier molecular flexibility index (Phi) is 4.91. The summed E-state index contributed by atoms with van der Waals surface area (Å²) in [6.45, 7) is 0. The summed E-state index contributed by atoms with van der Waals surface area (Å²) in [5.74, 6) is 1.66. The highest BCUT2D eigenvalue weighted by Crippen LogP contribution is 2.41. The summed E-state index contributed by atoms with van der Waals surface area (Å²) >= 11 is 4.90. The van der Waals surface area contributed by atoms with Crippen LogP contribution in [0.25, 0.3) is 0 Å². The number of aliphatic hydroxyl groups excluding tert-OH is 1. The van der Waals surface area contributed by atoms with Gasteiger partial charge in [-0.2, -0.15) is 0 Å². The summed E-state index contributed by atoms with van der Waals surface area (Å²) < 4.78 is 16.9. The van der Waals surface area contributed by atoms with Crippen LogP contribution in [0, 0.1) is 0 Å². The molecule has 108 valence electrons. The van der Waals surface area contributed by atoms with Gasteiger partial charge < -0.3 is 19.3 Å². The van der Waals surface area contributed by atoms with Crippen molar-refractivity contribution in [1.29, 1.82) is 0 Å². The zero-order valence-corrected chi connectivity index (χ0v) is 13.7. The second kappa shape index (κ2) is 6.47. The number of hydrogen-bond donors (Lipinski definition) is 1. The third kappa shape index (κ3) is 2.92. The maximum Gasteiger partial charge on any atom is 0.132 e. The standard InChI is InChI=1S/C14H15BrO4S/c1-17-9-5-10(18-2)13(11(6-9)19-3)14(16)8-4-12(15)20-7-8/h4-7,14,16H,1-3H3. The minimum atomic E-state index is -0.826. The van der Waals surface area contributed by atoms with Crippen molar-refractivity contribution in [3.63, 3.8) is 0 Å². The van der Waals surface area contributed by atoms with E-state index in [2.05, 4.69) is 15.9 Å². The van der Waals surface area contributed by atoms with Gasteiger partial charge >= 0.3 is 0 Å². The van der Waals surface area contributed by atoms with Gasteiger partial charge in [-0.05, 0) is 32.9 Å². The molecule has 20 heavy (non-hydrogen) atoms. The highest BCUT2D eigenvalue weighted by Gasteiger charge is 2.23. The Hall–Kier alpha value is -1.24. The molecule has 1 heterocycles. The predicted octanol–water partition coefficient (Wildman–Crippen LogP) is 3.62. The molecule has 0 aliphatic carbocycles. The van der Waals surface area contributed by atoms with Gasteiger partial charge in [0.1, 0.15) is 23.4 Å². The van der Waals surface area contributed by atoms with Crippen molar-refractivity contribution in [1.82, 2.24) is 0 Å². The van der Waals surface area contributed by atoms with Crippen LogP contribution in [-0.2, 0) is 0 Å². The molecule has 0 amide bonds. The van der Waals surface area contributed by atoms with Gasteiger partial charge in [0.2, 0.25) is 0 Å². The van der Waals surface area contributed by atoms with E-state index in [0.717, 1.165) is 9.35 Å². The zero-order valence-electron chi connectivity index (χ0n) is 11.3. The number of thiophene rings is 1. The molecule has 4 nitrogen and oxygen atoms in total. The lowest BCUT2D eigenvalue weighted by Gasteiger charge is -2.18. The normalized spacial score (nSPS) is 12.1. The van der Waals surface area contributed by atoms with Gasteiger partial charge in [0.15, 0.2) is 0 Å². The Bertz CT molecular complexity index is 572. The highest BCUT2D eigenvalue weighted by atomic mass is 79.9. The Balaban J connectivity index is 2.53. The lowest BCUT2D eigenvalue weighted by Crippen LogP contribution is -2.05. The first-order valence-corrected chi connectivity index (χ1v) is 7.49. The Morgan fingerprint density at radius 2 is 1.65 bits per heavy atom. The van der Waals surface area contributed by atoms with Gasteiger partial charge in [0, 0.05) is 12.1 Å². The Labute approximate surface area is 130 Å². The van der Waals surface area contributed by atoms with Gasteiger partial charge in [-0.25, -0.2) is 0 Å². The molecule has 1 atom stereocenters. The number of aliphatic hydroxyl groups is 1. The summed E-state index contributed by atoms with van der Waals surface area (Å²) in [6.07, 6.45) is -0.826. The fourth-order valence-electron chi connectivity index (χ4n) is 1.94. The van der Waals surface area contributed by atoms with E-state index in [9.17, 15) is 5.11 Å². The van der Waals surface area contributed by atoms with Gasteiger partial charge in [0.05, 0.1) is 30.7 Å². The van der Waals surface area contributed by atoms with E-state index in [4.69, 9.17) is 14.2 Å². The van der Waals surface area contributed by atoms with Crippen LogP contribution in [-0.4, -0.2) is 26.4 Å². The molecule has 1 N–H and O–H groups in total. The molecule has 1 aromatic carbocycles. The van der Waals surface area contributed by atoms with Gasteiger partial charge in [-0.15, -0.1) is 11.3 Å². The number of hydrogen-bond acceptors (Lipinski definition) is 5. The fraction of sp³-hybridized carbons (Fsp3) is 0.286. The molecular weight excluding hydrogens is 344 g/mol. The number of benzene rings is 1. The lowest BCUT2D eigenvalue weighted by atomic mass is 10.0. The minimum absolute atomic E-state index is 0.524. The van der Waals surface area contributed by atoms with Crippen molar-refractivity contribution in [2.45, 2.75) is 6.10 Å². The quantitative estimate of drug-likeness (QED) is 0.886. The van der Waals surface area contributed by atoms with Crippen LogP contribution in [0.2, 0.25) is 0 Å². The van der Waals surface area contributed by atoms with Crippen LogP contribution in [0.15, 0.2) is 27.4 Å². The van der Waals surface area contributed by atoms with Crippen molar-refractivity contribution in [3.8, 4) is 17.2 Å². The molecule has 1 aromatic heterocycles. The second-order valence-electron chi connectivity index (χ2n) is 4.03. The van der Waals surface area contributed by atoms with Crippen LogP contribution in [0.3, 0.4) is 0 Å². The zero-order chi connectivity index (χ0) is 14.7. The molecule has 0 aliphatic rings. The van der Waals surface area contributed by atoms with Crippen LogP contribution in [0.4, 0.5) is 0 Å². The number of ether oxygens (including phenoxy) is 3. The molecule has 2 rings (SSSR count). The highest BCUT2D eigenvalue weighted by molar-refractivity contribution is 9.11.